The summed E-state index contributed by atoms with van der Waals surface area (Å²) < 4.78 is 12.8. The van der Waals surface area contributed by atoms with E-state index in [2.05, 4.69) is 10.6 Å². The fourth-order valence-corrected chi connectivity index (χ4v) is 4.11. The van der Waals surface area contributed by atoms with Crippen LogP contribution >= 0.6 is 11.9 Å². The number of benzene rings is 1. The lowest BCUT2D eigenvalue weighted by molar-refractivity contribution is -0.0899. The summed E-state index contributed by atoms with van der Waals surface area (Å²) in [4.78, 5) is 25.8. The van der Waals surface area contributed by atoms with E-state index in [1.165, 1.54) is 11.9 Å². The predicted molar refractivity (Wildman–Crippen MR) is 102 cm³/mol. The minimum absolute atomic E-state index is 0.0278. The number of carbonyl (C=O) groups is 2. The fraction of sp³-hybridized carbons (Fsp3) is 0.368. The summed E-state index contributed by atoms with van der Waals surface area (Å²) in [6, 6.07) is 7.20. The summed E-state index contributed by atoms with van der Waals surface area (Å²) >= 11 is 1.46. The smallest absolute Gasteiger partial charge is 0.273 e. The second-order valence-electron chi connectivity index (χ2n) is 6.60. The molecule has 1 saturated heterocycles. The number of hydrogen-bond donors (Lipinski definition) is 2. The van der Waals surface area contributed by atoms with E-state index in [9.17, 15) is 9.59 Å². The van der Waals surface area contributed by atoms with E-state index in [4.69, 9.17) is 9.47 Å². The largest absolute Gasteiger partial charge is 0.376 e. The molecule has 2 N–H and O–H groups in total. The van der Waals surface area contributed by atoms with Crippen LogP contribution in [0.4, 0.5) is 5.69 Å². The van der Waals surface area contributed by atoms with Gasteiger partial charge in [-0.1, -0.05) is 0 Å². The standard InChI is InChI=1S/C19H21N3O4S/c1-12-8-16-19(24)21-15-9-13(2-3-17(15)27-22(16)10-12)18(23)20-5-4-14-11-25-6-7-26-14/h2-3,8-10,14H,4-7,11H2,1H3,(H,20,23)(H,21,24)/t14-/m1/s1. The van der Waals surface area contributed by atoms with Crippen LogP contribution < -0.4 is 10.6 Å². The predicted octanol–water partition coefficient (Wildman–Crippen LogP) is 2.45. The van der Waals surface area contributed by atoms with Crippen LogP contribution in [0.1, 0.15) is 32.8 Å². The molecule has 2 aliphatic heterocycles. The quantitative estimate of drug-likeness (QED) is 0.842. The lowest BCUT2D eigenvalue weighted by atomic mass is 10.1. The van der Waals surface area contributed by atoms with Crippen molar-refractivity contribution in [2.75, 3.05) is 31.7 Å². The fourth-order valence-electron chi connectivity index (χ4n) is 3.11. The Morgan fingerprint density at radius 1 is 1.37 bits per heavy atom. The van der Waals surface area contributed by atoms with Crippen molar-refractivity contribution in [3.8, 4) is 0 Å². The van der Waals surface area contributed by atoms with Gasteiger partial charge < -0.3 is 20.1 Å². The number of aromatic nitrogens is 1. The number of rotatable bonds is 4. The second kappa shape index (κ2) is 7.75. The molecule has 2 aliphatic rings. The Hall–Kier alpha value is -2.29. The topological polar surface area (TPSA) is 81.6 Å². The molecule has 27 heavy (non-hydrogen) atoms. The van der Waals surface area contributed by atoms with Gasteiger partial charge in [0, 0.05) is 18.3 Å². The molecule has 2 amide bonds. The summed E-state index contributed by atoms with van der Waals surface area (Å²) in [5.41, 5.74) is 2.77. The van der Waals surface area contributed by atoms with Crippen LogP contribution in [-0.4, -0.2) is 48.3 Å². The van der Waals surface area contributed by atoms with E-state index in [-0.39, 0.29) is 17.9 Å². The Labute approximate surface area is 161 Å². The van der Waals surface area contributed by atoms with E-state index in [1.54, 1.807) is 12.1 Å². The molecule has 1 aromatic carbocycles. The van der Waals surface area contributed by atoms with Crippen LogP contribution in [0.15, 0.2) is 35.4 Å². The van der Waals surface area contributed by atoms with Crippen molar-refractivity contribution < 1.29 is 19.1 Å². The van der Waals surface area contributed by atoms with Crippen molar-refractivity contribution in [3.05, 3.63) is 47.3 Å². The second-order valence-corrected chi connectivity index (χ2v) is 7.61. The number of nitrogens with one attached hydrogen (secondary N) is 2. The van der Waals surface area contributed by atoms with Crippen LogP contribution in [0.2, 0.25) is 0 Å². The normalized spacial score (nSPS) is 18.9. The zero-order valence-corrected chi connectivity index (χ0v) is 15.8. The first-order valence-corrected chi connectivity index (χ1v) is 9.68. The van der Waals surface area contributed by atoms with Gasteiger partial charge in [-0.25, -0.2) is 0 Å². The summed E-state index contributed by atoms with van der Waals surface area (Å²) in [6.07, 6.45) is 2.66. The van der Waals surface area contributed by atoms with Crippen molar-refractivity contribution in [2.24, 2.45) is 0 Å². The Morgan fingerprint density at radius 3 is 3.07 bits per heavy atom. The van der Waals surface area contributed by atoms with Gasteiger partial charge in [0.25, 0.3) is 11.8 Å². The maximum atomic E-state index is 12.4. The maximum absolute atomic E-state index is 12.4. The first kappa shape index (κ1) is 18.1. The third-order valence-electron chi connectivity index (χ3n) is 4.48. The zero-order chi connectivity index (χ0) is 18.8. The molecule has 3 heterocycles. The van der Waals surface area contributed by atoms with Gasteiger partial charge in [0.05, 0.1) is 36.5 Å². The van der Waals surface area contributed by atoms with E-state index < -0.39 is 0 Å². The average molecular weight is 387 g/mol. The molecule has 0 bridgehead atoms. The summed E-state index contributed by atoms with van der Waals surface area (Å²) in [6.45, 7) is 4.26. The Morgan fingerprint density at radius 2 is 2.26 bits per heavy atom. The van der Waals surface area contributed by atoms with E-state index in [0.717, 1.165) is 10.5 Å². The van der Waals surface area contributed by atoms with Gasteiger partial charge in [0.1, 0.15) is 5.69 Å². The molecule has 7 nitrogen and oxygen atoms in total. The highest BCUT2D eigenvalue weighted by molar-refractivity contribution is 7.98. The minimum atomic E-state index is -0.179. The number of aryl methyl sites for hydroxylation is 1. The molecule has 8 heteroatoms. The van der Waals surface area contributed by atoms with Crippen LogP contribution in [0.3, 0.4) is 0 Å². The van der Waals surface area contributed by atoms with E-state index in [1.807, 2.05) is 29.2 Å². The molecular weight excluding hydrogens is 366 g/mol. The van der Waals surface area contributed by atoms with E-state index in [0.29, 0.717) is 49.7 Å². The molecule has 0 unspecified atom stereocenters. The van der Waals surface area contributed by atoms with Crippen molar-refractivity contribution in [1.29, 1.82) is 0 Å². The number of anilines is 1. The third-order valence-corrected chi connectivity index (χ3v) is 5.53. The Bertz CT molecular complexity index is 874. The SMILES string of the molecule is Cc1cc2n(c1)Sc1ccc(C(=O)NCC[C@@H]3COCCO3)cc1NC2=O. The first-order chi connectivity index (χ1) is 13.1. The van der Waals surface area contributed by atoms with E-state index >= 15 is 0 Å². The monoisotopic (exact) mass is 387 g/mol. The molecule has 0 saturated carbocycles. The molecule has 1 atom stereocenters. The lowest BCUT2D eigenvalue weighted by Gasteiger charge is -2.22. The van der Waals surface area contributed by atoms with Gasteiger partial charge in [-0.05, 0) is 55.1 Å². The first-order valence-electron chi connectivity index (χ1n) is 8.90. The highest BCUT2D eigenvalue weighted by Crippen LogP contribution is 2.34. The number of nitrogens with zero attached hydrogens (tertiary/aromatic N) is 1. The minimum Gasteiger partial charge on any atom is -0.376 e. The Balaban J connectivity index is 1.42. The molecule has 4 rings (SSSR count). The number of fused-ring (bicyclic) bond motifs is 2. The van der Waals surface area contributed by atoms with Gasteiger partial charge >= 0.3 is 0 Å². The summed E-state index contributed by atoms with van der Waals surface area (Å²) in [7, 11) is 0. The highest BCUT2D eigenvalue weighted by Gasteiger charge is 2.22. The molecule has 0 aliphatic carbocycles. The average Bonchev–Trinajstić information content (AvgIpc) is 2.98. The number of carbonyl (C=O) groups excluding carboxylic acids is 2. The summed E-state index contributed by atoms with van der Waals surface area (Å²) in [5.74, 6) is -0.352. The highest BCUT2D eigenvalue weighted by atomic mass is 32.2. The maximum Gasteiger partial charge on any atom is 0.273 e. The van der Waals surface area contributed by atoms with Gasteiger partial charge in [0.15, 0.2) is 0 Å². The van der Waals surface area contributed by atoms with Crippen LogP contribution in [0.25, 0.3) is 0 Å². The van der Waals surface area contributed by atoms with Gasteiger partial charge in [0.2, 0.25) is 0 Å². The number of ether oxygens (including phenoxy) is 2. The molecular formula is C19H21N3O4S. The third kappa shape index (κ3) is 4.02. The van der Waals surface area contributed by atoms with Crippen molar-refractivity contribution in [1.82, 2.24) is 9.29 Å². The molecule has 2 aromatic rings. The van der Waals surface area contributed by atoms with Crippen LogP contribution in [0.5, 0.6) is 0 Å². The zero-order valence-electron chi connectivity index (χ0n) is 15.0. The Kier molecular flexibility index (Phi) is 5.20. The number of amides is 2. The summed E-state index contributed by atoms with van der Waals surface area (Å²) in [5, 5.41) is 5.80. The number of hydrogen-bond acceptors (Lipinski definition) is 5. The lowest BCUT2D eigenvalue weighted by Crippen LogP contribution is -2.33. The van der Waals surface area contributed by atoms with Gasteiger partial charge in [-0.2, -0.15) is 0 Å². The molecule has 0 radical (unpaired) electrons. The molecule has 1 fully saturated rings. The van der Waals surface area contributed by atoms with Gasteiger partial charge in [-0.15, -0.1) is 0 Å². The van der Waals surface area contributed by atoms with Crippen molar-refractivity contribution in [3.63, 3.8) is 0 Å². The van der Waals surface area contributed by atoms with Crippen LogP contribution in [0, 0.1) is 6.92 Å². The molecule has 0 spiro atoms. The van der Waals surface area contributed by atoms with Crippen LogP contribution in [-0.2, 0) is 9.47 Å². The molecule has 142 valence electrons. The molecule has 1 aromatic heterocycles. The van der Waals surface area contributed by atoms with Crippen molar-refractivity contribution >= 4 is 29.4 Å². The van der Waals surface area contributed by atoms with Crippen molar-refractivity contribution in [2.45, 2.75) is 24.3 Å². The van der Waals surface area contributed by atoms with Gasteiger partial charge in [-0.3, -0.25) is 13.6 Å².